The fourth-order valence-electron chi connectivity index (χ4n) is 15.5. The molecule has 0 aromatic heterocycles. The van der Waals surface area contributed by atoms with Crippen molar-refractivity contribution in [2.24, 2.45) is 22.7 Å². The summed E-state index contributed by atoms with van der Waals surface area (Å²) in [6.07, 6.45) is 13.4. The van der Waals surface area contributed by atoms with Crippen LogP contribution in [0.4, 0.5) is 28.4 Å². The van der Waals surface area contributed by atoms with Crippen LogP contribution in [0, 0.1) is 43.4 Å². The second kappa shape index (κ2) is 15.2. The molecule has 14 rings (SSSR count). The standard InChI is InChI=1S/C72H68N2/c1-41-19-27-47(28-20-41)73(51-37-59-65-61(39-51)71(9,10)57-35-43(3)53-15-13-17-55(69(59,5)6)63(53)67(57)65)49-31-23-45(24-32-49)46-25-33-50(34-26-46)74(48-29-21-42(2)22-30-48)52-38-60-66-62(40-52)72(11,12)58-36-44(4)54-16-14-18-56(70(60,7)8)64(54)68(58)66/h13-37,39-40,52,64,68H,38H2,1-12H3. The number of rotatable bonds is 7. The lowest BCUT2D eigenvalue weighted by molar-refractivity contribution is 0.370. The van der Waals surface area contributed by atoms with Crippen molar-refractivity contribution in [1.29, 1.82) is 0 Å². The predicted octanol–water partition coefficient (Wildman–Crippen LogP) is 19.0. The minimum absolute atomic E-state index is 0.0497. The molecule has 2 nitrogen and oxygen atoms in total. The summed E-state index contributed by atoms with van der Waals surface area (Å²) in [5.41, 5.74) is 31.5. The van der Waals surface area contributed by atoms with Crippen molar-refractivity contribution in [3.8, 4) is 22.3 Å². The molecule has 2 heteroatoms. The van der Waals surface area contributed by atoms with Crippen molar-refractivity contribution in [2.45, 2.75) is 106 Å². The molecular formula is C72H68N2. The number of benzene rings is 7. The van der Waals surface area contributed by atoms with Crippen LogP contribution in [-0.4, -0.2) is 6.04 Å². The topological polar surface area (TPSA) is 6.48 Å². The van der Waals surface area contributed by atoms with Gasteiger partial charge in [0.15, 0.2) is 0 Å². The van der Waals surface area contributed by atoms with Gasteiger partial charge in [0.25, 0.3) is 0 Å². The fourth-order valence-corrected chi connectivity index (χ4v) is 15.5. The van der Waals surface area contributed by atoms with Crippen molar-refractivity contribution in [1.82, 2.24) is 0 Å². The van der Waals surface area contributed by atoms with Gasteiger partial charge in [-0.2, -0.15) is 0 Å². The van der Waals surface area contributed by atoms with Gasteiger partial charge >= 0.3 is 0 Å². The Bertz CT molecular complexity index is 3810. The van der Waals surface area contributed by atoms with Gasteiger partial charge in [-0.25, -0.2) is 0 Å². The zero-order valence-corrected chi connectivity index (χ0v) is 45.4. The van der Waals surface area contributed by atoms with E-state index in [0.29, 0.717) is 11.8 Å². The number of allylic oxidation sites excluding steroid dienone is 10. The lowest BCUT2D eigenvalue weighted by Gasteiger charge is -2.50. The lowest BCUT2D eigenvalue weighted by Crippen LogP contribution is -2.42. The molecule has 7 aromatic carbocycles. The maximum absolute atomic E-state index is 2.68. The average molecular weight is 961 g/mol. The Morgan fingerprint density at radius 1 is 0.500 bits per heavy atom. The summed E-state index contributed by atoms with van der Waals surface area (Å²) in [4.78, 5) is 5.12. The van der Waals surface area contributed by atoms with Gasteiger partial charge < -0.3 is 9.80 Å². The second-order valence-electron chi connectivity index (χ2n) is 25.1. The van der Waals surface area contributed by atoms with E-state index in [1.807, 2.05) is 0 Å². The van der Waals surface area contributed by atoms with Crippen LogP contribution >= 0.6 is 0 Å². The molecule has 74 heavy (non-hydrogen) atoms. The minimum atomic E-state index is -0.179. The van der Waals surface area contributed by atoms with Crippen LogP contribution in [0.25, 0.3) is 33.0 Å². The molecular weight excluding hydrogens is 893 g/mol. The van der Waals surface area contributed by atoms with Crippen LogP contribution < -0.4 is 9.80 Å². The first kappa shape index (κ1) is 45.5. The van der Waals surface area contributed by atoms with Crippen LogP contribution in [0.15, 0.2) is 203 Å². The first-order valence-electron chi connectivity index (χ1n) is 27.3. The largest absolute Gasteiger partial charge is 0.334 e. The molecule has 366 valence electrons. The summed E-state index contributed by atoms with van der Waals surface area (Å²) in [6, 6.07) is 51.7. The first-order valence-corrected chi connectivity index (χ1v) is 27.3. The van der Waals surface area contributed by atoms with Crippen LogP contribution in [-0.2, 0) is 10.8 Å². The quantitative estimate of drug-likeness (QED) is 0.157. The molecule has 1 saturated carbocycles. The highest BCUT2D eigenvalue weighted by Crippen LogP contribution is 2.69. The molecule has 7 aliphatic carbocycles. The van der Waals surface area contributed by atoms with Gasteiger partial charge in [-0.05, 0) is 178 Å². The monoisotopic (exact) mass is 961 g/mol. The van der Waals surface area contributed by atoms with Crippen molar-refractivity contribution in [2.75, 3.05) is 9.80 Å². The normalized spacial score (nSPS) is 22.1. The smallest absolute Gasteiger partial charge is 0.0566 e. The molecule has 7 aromatic rings. The van der Waals surface area contributed by atoms with E-state index in [-0.39, 0.29) is 27.7 Å². The molecule has 0 radical (unpaired) electrons. The van der Waals surface area contributed by atoms with E-state index in [1.54, 1.807) is 27.9 Å². The molecule has 3 unspecified atom stereocenters. The highest BCUT2D eigenvalue weighted by atomic mass is 15.2. The Labute approximate surface area is 439 Å². The number of hydrogen-bond donors (Lipinski definition) is 0. The molecule has 0 N–H and O–H groups in total. The van der Waals surface area contributed by atoms with E-state index in [4.69, 9.17) is 0 Å². The lowest BCUT2D eigenvalue weighted by atomic mass is 9.54. The van der Waals surface area contributed by atoms with E-state index in [1.165, 1.54) is 100 Å². The van der Waals surface area contributed by atoms with Crippen molar-refractivity contribution in [3.05, 3.63) is 242 Å². The van der Waals surface area contributed by atoms with E-state index < -0.39 is 0 Å². The maximum Gasteiger partial charge on any atom is 0.0566 e. The Morgan fingerprint density at radius 3 is 1.68 bits per heavy atom. The summed E-state index contributed by atoms with van der Waals surface area (Å²) in [5, 5.41) is 2.84. The van der Waals surface area contributed by atoms with Gasteiger partial charge in [-0.15, -0.1) is 0 Å². The van der Waals surface area contributed by atoms with Crippen LogP contribution in [0.3, 0.4) is 0 Å². The van der Waals surface area contributed by atoms with Crippen LogP contribution in [0.1, 0.15) is 108 Å². The Balaban J connectivity index is 0.841. The van der Waals surface area contributed by atoms with Gasteiger partial charge in [-0.1, -0.05) is 186 Å². The molecule has 3 atom stereocenters. The van der Waals surface area contributed by atoms with Crippen molar-refractivity contribution < 1.29 is 0 Å². The maximum atomic E-state index is 2.68. The molecule has 1 fully saturated rings. The SMILES string of the molecule is CC1=C2C=CC=C3C2C2C(=C1)C(C)(C)C1=CC(N(c4ccc(C)cc4)c4ccc(-c5ccc(N(c6ccc(C)cc6)c6cc7c8c(c6)C(C)(C)c6cccc9c(C)cc(c-8c69)C7(C)C)cc5)cc4)CC(=C12)C3(C)C. The molecule has 0 amide bonds. The summed E-state index contributed by atoms with van der Waals surface area (Å²) in [7, 11) is 0. The van der Waals surface area contributed by atoms with Crippen LogP contribution in [0.2, 0.25) is 0 Å². The molecule has 0 spiro atoms. The molecule has 0 saturated heterocycles. The number of nitrogens with zero attached hydrogens (tertiary/aromatic N) is 2. The Hall–Kier alpha value is -7.16. The highest BCUT2D eigenvalue weighted by Gasteiger charge is 2.59. The van der Waals surface area contributed by atoms with E-state index in [2.05, 4.69) is 257 Å². The van der Waals surface area contributed by atoms with Gasteiger partial charge in [0.05, 0.1) is 6.04 Å². The Morgan fingerprint density at radius 2 is 1.05 bits per heavy atom. The third-order valence-electron chi connectivity index (χ3n) is 19.5. The predicted molar refractivity (Wildman–Crippen MR) is 313 cm³/mol. The minimum Gasteiger partial charge on any atom is -0.334 e. The van der Waals surface area contributed by atoms with E-state index >= 15 is 0 Å². The third-order valence-corrected chi connectivity index (χ3v) is 19.5. The number of hydrogen-bond acceptors (Lipinski definition) is 2. The van der Waals surface area contributed by atoms with E-state index in [9.17, 15) is 0 Å². The van der Waals surface area contributed by atoms with Gasteiger partial charge in [0.1, 0.15) is 0 Å². The number of aryl methyl sites for hydroxylation is 3. The van der Waals surface area contributed by atoms with Gasteiger partial charge in [0, 0.05) is 61.9 Å². The van der Waals surface area contributed by atoms with Crippen LogP contribution in [0.5, 0.6) is 0 Å². The fraction of sp³-hybridized carbons (Fsp3) is 0.278. The first-order chi connectivity index (χ1) is 35.3. The molecule has 0 aliphatic heterocycles. The highest BCUT2D eigenvalue weighted by molar-refractivity contribution is 6.10. The summed E-state index contributed by atoms with van der Waals surface area (Å²) in [5.74, 6) is 0.865. The second-order valence-corrected chi connectivity index (χ2v) is 25.1. The van der Waals surface area contributed by atoms with Gasteiger partial charge in [0.2, 0.25) is 0 Å². The summed E-state index contributed by atoms with van der Waals surface area (Å²) >= 11 is 0. The molecule has 0 heterocycles. The van der Waals surface area contributed by atoms with Gasteiger partial charge in [-0.3, -0.25) is 0 Å². The molecule has 7 aliphatic rings. The summed E-state index contributed by atoms with van der Waals surface area (Å²) < 4.78 is 0. The molecule has 0 bridgehead atoms. The van der Waals surface area contributed by atoms with E-state index in [0.717, 1.165) is 17.8 Å². The number of anilines is 5. The summed E-state index contributed by atoms with van der Waals surface area (Å²) in [6.45, 7) is 28.8. The average Bonchev–Trinajstić information content (AvgIpc) is 3.82. The van der Waals surface area contributed by atoms with Crippen molar-refractivity contribution in [3.63, 3.8) is 0 Å². The zero-order valence-electron chi connectivity index (χ0n) is 45.4. The third kappa shape index (κ3) is 6.06. The zero-order chi connectivity index (χ0) is 51.1. The Kier molecular flexibility index (Phi) is 9.35. The van der Waals surface area contributed by atoms with Crippen molar-refractivity contribution >= 4 is 39.2 Å².